The fraction of sp³-hybridized carbons (Fsp3) is 0.682. The van der Waals surface area contributed by atoms with Crippen LogP contribution >= 0.6 is 0 Å². The topological polar surface area (TPSA) is 35.5 Å². The van der Waals surface area contributed by atoms with E-state index in [1.54, 1.807) is 0 Å². The molecule has 1 rings (SSSR count). The molecule has 0 spiro atoms. The van der Waals surface area contributed by atoms with Gasteiger partial charge in [0, 0.05) is 0 Å². The normalized spacial score (nSPS) is 14.9. The minimum absolute atomic E-state index is 0.189. The molecule has 0 N–H and O–H groups in total. The van der Waals surface area contributed by atoms with Crippen molar-refractivity contribution in [3.8, 4) is 5.75 Å². The molecule has 0 aliphatic heterocycles. The Morgan fingerprint density at radius 3 is 1.64 bits per heavy atom. The van der Waals surface area contributed by atoms with Crippen LogP contribution in [0.5, 0.6) is 5.75 Å². The van der Waals surface area contributed by atoms with Gasteiger partial charge in [-0.2, -0.15) is 0 Å². The average Bonchev–Trinajstić information content (AvgIpc) is 2.58. The summed E-state index contributed by atoms with van der Waals surface area (Å²) < 4.78 is 11.0. The summed E-state index contributed by atoms with van der Waals surface area (Å²) in [5.74, 6) is 1.85. The Balaban J connectivity index is 3.48. The van der Waals surface area contributed by atoms with E-state index in [1.165, 1.54) is 5.56 Å². The Hall–Kier alpha value is -1.51. The number of carbonyl (C=O) groups is 1. The minimum Gasteiger partial charge on any atom is -0.431 e. The summed E-state index contributed by atoms with van der Waals surface area (Å²) >= 11 is 0. The van der Waals surface area contributed by atoms with Gasteiger partial charge in [-0.1, -0.05) is 53.7 Å². The van der Waals surface area contributed by atoms with Crippen LogP contribution in [0.15, 0.2) is 12.1 Å². The lowest BCUT2D eigenvalue weighted by molar-refractivity contribution is 0.0721. The van der Waals surface area contributed by atoms with E-state index >= 15 is 0 Å². The van der Waals surface area contributed by atoms with Crippen molar-refractivity contribution < 1.29 is 14.3 Å². The summed E-state index contributed by atoms with van der Waals surface area (Å²) in [5.41, 5.74) is 3.57. The highest BCUT2D eigenvalue weighted by Gasteiger charge is 2.23. The third kappa shape index (κ3) is 5.76. The molecule has 0 aliphatic carbocycles. The largest absolute Gasteiger partial charge is 0.514 e. The minimum atomic E-state index is -0.611. The van der Waals surface area contributed by atoms with Crippen LogP contribution in [-0.4, -0.2) is 12.3 Å². The molecule has 1 aromatic carbocycles. The number of ether oxygens (including phenoxy) is 2. The van der Waals surface area contributed by atoms with Crippen molar-refractivity contribution >= 4 is 6.16 Å². The zero-order valence-electron chi connectivity index (χ0n) is 17.3. The van der Waals surface area contributed by atoms with Gasteiger partial charge in [0.25, 0.3) is 0 Å². The van der Waals surface area contributed by atoms with Crippen molar-refractivity contribution in [2.45, 2.75) is 98.5 Å². The van der Waals surface area contributed by atoms with Crippen molar-refractivity contribution in [2.24, 2.45) is 0 Å². The molecule has 0 heterocycles. The highest BCUT2D eigenvalue weighted by molar-refractivity contribution is 5.66. The van der Waals surface area contributed by atoms with E-state index in [0.29, 0.717) is 23.5 Å². The van der Waals surface area contributed by atoms with Crippen LogP contribution in [-0.2, 0) is 4.74 Å². The van der Waals surface area contributed by atoms with E-state index in [9.17, 15) is 4.79 Å². The molecule has 3 heteroatoms. The van der Waals surface area contributed by atoms with Crippen LogP contribution in [0.2, 0.25) is 0 Å². The number of hydrogen-bond acceptors (Lipinski definition) is 3. The van der Waals surface area contributed by atoms with Gasteiger partial charge in [-0.3, -0.25) is 0 Å². The Labute approximate surface area is 154 Å². The van der Waals surface area contributed by atoms with Gasteiger partial charge in [-0.05, 0) is 67.6 Å². The first-order valence-electron chi connectivity index (χ1n) is 9.81. The van der Waals surface area contributed by atoms with Crippen molar-refractivity contribution in [3.63, 3.8) is 0 Å². The highest BCUT2D eigenvalue weighted by atomic mass is 16.7. The predicted molar refractivity (Wildman–Crippen MR) is 105 cm³/mol. The average molecular weight is 349 g/mol. The molecule has 3 nitrogen and oxygen atoms in total. The predicted octanol–water partition coefficient (Wildman–Crippen LogP) is 7.15. The lowest BCUT2D eigenvalue weighted by atomic mass is 9.85. The van der Waals surface area contributed by atoms with E-state index in [0.717, 1.165) is 30.4 Å². The highest BCUT2D eigenvalue weighted by Crippen LogP contribution is 2.40. The Morgan fingerprint density at radius 1 is 0.840 bits per heavy atom. The second-order valence-corrected chi connectivity index (χ2v) is 7.48. The molecule has 0 fully saturated rings. The standard InChI is InChI=1S/C22H36O3/c1-9-15(6)18-12-19(16(7)10-2)21(20(13-18)17(8)11-3)25-22(23)24-14(4)5/h12-17H,9-11H2,1-8H3. The Kier molecular flexibility index (Phi) is 8.47. The smallest absolute Gasteiger partial charge is 0.431 e. The molecule has 0 amide bonds. The zero-order chi connectivity index (χ0) is 19.1. The van der Waals surface area contributed by atoms with E-state index in [4.69, 9.17) is 9.47 Å². The van der Waals surface area contributed by atoms with E-state index < -0.39 is 6.16 Å². The maximum atomic E-state index is 12.2. The zero-order valence-corrected chi connectivity index (χ0v) is 17.3. The van der Waals surface area contributed by atoms with Crippen LogP contribution in [0.3, 0.4) is 0 Å². The second kappa shape index (κ2) is 9.84. The van der Waals surface area contributed by atoms with Gasteiger partial charge in [-0.25, -0.2) is 4.79 Å². The third-order valence-electron chi connectivity index (χ3n) is 5.15. The number of benzene rings is 1. The summed E-state index contributed by atoms with van der Waals surface area (Å²) in [6.45, 7) is 16.8. The molecule has 0 aromatic heterocycles. The van der Waals surface area contributed by atoms with Crippen LogP contribution in [0.1, 0.15) is 109 Å². The summed E-state index contributed by atoms with van der Waals surface area (Å²) in [4.78, 5) is 12.2. The summed E-state index contributed by atoms with van der Waals surface area (Å²) in [5, 5.41) is 0. The molecule has 25 heavy (non-hydrogen) atoms. The first-order valence-corrected chi connectivity index (χ1v) is 9.81. The van der Waals surface area contributed by atoms with Crippen molar-refractivity contribution in [2.75, 3.05) is 0 Å². The van der Waals surface area contributed by atoms with E-state index in [1.807, 2.05) is 13.8 Å². The van der Waals surface area contributed by atoms with Crippen LogP contribution in [0.25, 0.3) is 0 Å². The summed E-state index contributed by atoms with van der Waals surface area (Å²) in [6, 6.07) is 4.46. The van der Waals surface area contributed by atoms with Crippen molar-refractivity contribution in [3.05, 3.63) is 28.8 Å². The Morgan fingerprint density at radius 2 is 1.28 bits per heavy atom. The van der Waals surface area contributed by atoms with Gasteiger partial charge in [0.15, 0.2) is 0 Å². The lowest BCUT2D eigenvalue weighted by Gasteiger charge is -2.24. The first kappa shape index (κ1) is 21.5. The molecule has 0 saturated heterocycles. The maximum absolute atomic E-state index is 12.2. The molecular formula is C22H36O3. The molecule has 1 aromatic rings. The quantitative estimate of drug-likeness (QED) is 0.369. The summed E-state index contributed by atoms with van der Waals surface area (Å²) in [7, 11) is 0. The van der Waals surface area contributed by atoms with Gasteiger partial charge in [0.1, 0.15) is 5.75 Å². The fourth-order valence-corrected chi connectivity index (χ4v) is 2.81. The van der Waals surface area contributed by atoms with E-state index in [-0.39, 0.29) is 6.10 Å². The van der Waals surface area contributed by atoms with Gasteiger partial charge in [0.2, 0.25) is 0 Å². The number of hydrogen-bond donors (Lipinski definition) is 0. The molecule has 0 aliphatic rings. The van der Waals surface area contributed by atoms with Crippen LogP contribution in [0, 0.1) is 0 Å². The molecule has 142 valence electrons. The monoisotopic (exact) mass is 348 g/mol. The van der Waals surface area contributed by atoms with Gasteiger partial charge in [-0.15, -0.1) is 0 Å². The van der Waals surface area contributed by atoms with Crippen LogP contribution < -0.4 is 4.74 Å². The molecule has 0 saturated carbocycles. The molecule has 3 atom stereocenters. The van der Waals surface area contributed by atoms with Crippen molar-refractivity contribution in [1.82, 2.24) is 0 Å². The molecule has 3 unspecified atom stereocenters. The number of rotatable bonds is 8. The molecule has 0 radical (unpaired) electrons. The third-order valence-corrected chi connectivity index (χ3v) is 5.15. The SMILES string of the molecule is CCC(C)c1cc(C(C)CC)c(OC(=O)OC(C)C)c(C(C)CC)c1. The number of carbonyl (C=O) groups excluding carboxylic acids is 1. The molecule has 0 bridgehead atoms. The van der Waals surface area contributed by atoms with Gasteiger partial charge >= 0.3 is 6.16 Å². The van der Waals surface area contributed by atoms with E-state index in [2.05, 4.69) is 53.7 Å². The van der Waals surface area contributed by atoms with Gasteiger partial charge < -0.3 is 9.47 Å². The second-order valence-electron chi connectivity index (χ2n) is 7.48. The van der Waals surface area contributed by atoms with Crippen LogP contribution in [0.4, 0.5) is 4.79 Å². The summed E-state index contributed by atoms with van der Waals surface area (Å²) in [6.07, 6.45) is 2.29. The Bertz CT molecular complexity index is 531. The lowest BCUT2D eigenvalue weighted by Crippen LogP contribution is -2.18. The fourth-order valence-electron chi connectivity index (χ4n) is 2.81. The van der Waals surface area contributed by atoms with Gasteiger partial charge in [0.05, 0.1) is 6.10 Å². The molecular weight excluding hydrogens is 312 g/mol. The maximum Gasteiger partial charge on any atom is 0.514 e. The first-order chi connectivity index (χ1) is 11.7. The van der Waals surface area contributed by atoms with Crippen molar-refractivity contribution in [1.29, 1.82) is 0 Å².